The molecular weight excluding hydrogens is 356 g/mol. The molecule has 28 heavy (non-hydrogen) atoms. The highest BCUT2D eigenvalue weighted by atomic mass is 16.3. The van der Waals surface area contributed by atoms with Crippen LogP contribution in [0.3, 0.4) is 0 Å². The van der Waals surface area contributed by atoms with Gasteiger partial charge in [0.25, 0.3) is 5.91 Å². The number of nitrogens with zero attached hydrogens (tertiary/aromatic N) is 3. The lowest BCUT2D eigenvalue weighted by Gasteiger charge is -2.03. The van der Waals surface area contributed by atoms with Gasteiger partial charge in [-0.15, -0.1) is 0 Å². The van der Waals surface area contributed by atoms with Crippen molar-refractivity contribution in [3.63, 3.8) is 0 Å². The minimum atomic E-state index is -0.323. The minimum absolute atomic E-state index is 0.0527. The third kappa shape index (κ3) is 3.72. The van der Waals surface area contributed by atoms with Crippen molar-refractivity contribution in [2.45, 2.75) is 13.0 Å². The van der Waals surface area contributed by atoms with Gasteiger partial charge >= 0.3 is 0 Å². The molecule has 0 aliphatic rings. The fraction of sp³-hybridized carbons (Fsp3) is 0.150. The molecule has 8 heteroatoms. The number of aromatic amines is 1. The number of benzene rings is 2. The van der Waals surface area contributed by atoms with Crippen molar-refractivity contribution in [2.24, 2.45) is 0 Å². The van der Waals surface area contributed by atoms with E-state index < -0.39 is 0 Å². The van der Waals surface area contributed by atoms with Gasteiger partial charge in [-0.05, 0) is 41.8 Å². The van der Waals surface area contributed by atoms with Gasteiger partial charge in [0.05, 0.1) is 23.9 Å². The molecule has 4 rings (SSSR count). The quantitative estimate of drug-likeness (QED) is 0.384. The van der Waals surface area contributed by atoms with Crippen LogP contribution in [0.5, 0.6) is 0 Å². The molecular formula is C20H20N6O2. The molecule has 5 N–H and O–H groups in total. The van der Waals surface area contributed by atoms with Crippen LogP contribution in [-0.2, 0) is 13.0 Å². The predicted octanol–water partition coefficient (Wildman–Crippen LogP) is 2.18. The van der Waals surface area contributed by atoms with Gasteiger partial charge in [0.1, 0.15) is 0 Å². The first-order chi connectivity index (χ1) is 13.6. The number of carbonyl (C=O) groups is 1. The molecule has 0 bridgehead atoms. The van der Waals surface area contributed by atoms with Crippen molar-refractivity contribution < 1.29 is 9.90 Å². The van der Waals surface area contributed by atoms with E-state index in [1.54, 1.807) is 17.1 Å². The first-order valence-electron chi connectivity index (χ1n) is 8.88. The number of H-pyrrole nitrogens is 1. The van der Waals surface area contributed by atoms with Crippen LogP contribution in [0.1, 0.15) is 21.6 Å². The van der Waals surface area contributed by atoms with Gasteiger partial charge in [0.15, 0.2) is 5.69 Å². The molecule has 4 aromatic rings. The third-order valence-corrected chi connectivity index (χ3v) is 4.43. The van der Waals surface area contributed by atoms with Crippen molar-refractivity contribution in [2.75, 3.05) is 17.7 Å². The van der Waals surface area contributed by atoms with Crippen molar-refractivity contribution in [3.8, 4) is 0 Å². The average Bonchev–Trinajstić information content (AvgIpc) is 3.28. The van der Waals surface area contributed by atoms with Crippen LogP contribution in [0, 0.1) is 0 Å². The number of anilines is 2. The van der Waals surface area contributed by atoms with Crippen LogP contribution < -0.4 is 11.1 Å². The second kappa shape index (κ2) is 7.53. The molecule has 0 aliphatic heterocycles. The van der Waals surface area contributed by atoms with Gasteiger partial charge in [-0.2, -0.15) is 10.2 Å². The molecule has 2 heterocycles. The van der Waals surface area contributed by atoms with Gasteiger partial charge in [-0.1, -0.05) is 18.2 Å². The zero-order valence-corrected chi connectivity index (χ0v) is 15.1. The Balaban J connectivity index is 1.50. The van der Waals surface area contributed by atoms with Crippen molar-refractivity contribution in [3.05, 3.63) is 71.7 Å². The van der Waals surface area contributed by atoms with Crippen LogP contribution >= 0.6 is 0 Å². The number of amides is 1. The Morgan fingerprint density at radius 2 is 2.11 bits per heavy atom. The highest BCUT2D eigenvalue weighted by Crippen LogP contribution is 2.20. The van der Waals surface area contributed by atoms with E-state index >= 15 is 0 Å². The number of nitrogen functional groups attached to an aromatic ring is 1. The fourth-order valence-electron chi connectivity index (χ4n) is 3.10. The van der Waals surface area contributed by atoms with Crippen LogP contribution in [0.4, 0.5) is 11.4 Å². The van der Waals surface area contributed by atoms with Crippen LogP contribution in [0.2, 0.25) is 0 Å². The van der Waals surface area contributed by atoms with E-state index in [0.717, 1.165) is 22.0 Å². The zero-order valence-electron chi connectivity index (χ0n) is 15.1. The summed E-state index contributed by atoms with van der Waals surface area (Å²) in [5.41, 5.74) is 10.1. The zero-order chi connectivity index (χ0) is 19.5. The first-order valence-corrected chi connectivity index (χ1v) is 8.88. The summed E-state index contributed by atoms with van der Waals surface area (Å²) in [5, 5.41) is 23.9. The Morgan fingerprint density at radius 1 is 1.21 bits per heavy atom. The molecule has 1 amide bonds. The maximum absolute atomic E-state index is 12.7. The highest BCUT2D eigenvalue weighted by molar-refractivity contribution is 6.11. The van der Waals surface area contributed by atoms with Gasteiger partial charge < -0.3 is 16.2 Å². The lowest BCUT2D eigenvalue weighted by Crippen LogP contribution is -2.12. The van der Waals surface area contributed by atoms with E-state index in [1.807, 2.05) is 42.5 Å². The number of hydrogen-bond acceptors (Lipinski definition) is 5. The monoisotopic (exact) mass is 376 g/mol. The van der Waals surface area contributed by atoms with Gasteiger partial charge in [0, 0.05) is 23.9 Å². The molecule has 8 nitrogen and oxygen atoms in total. The van der Waals surface area contributed by atoms with Gasteiger partial charge in [-0.3, -0.25) is 14.6 Å². The minimum Gasteiger partial charge on any atom is -0.399 e. The second-order valence-corrected chi connectivity index (χ2v) is 6.55. The van der Waals surface area contributed by atoms with E-state index in [4.69, 9.17) is 10.8 Å². The SMILES string of the molecule is Nc1cccc(Cn2cc(NC(=O)c3n[nH]c4ccc(CCO)cc34)cn2)c1. The molecule has 0 fully saturated rings. The Morgan fingerprint density at radius 3 is 2.93 bits per heavy atom. The number of aromatic nitrogens is 4. The molecule has 0 radical (unpaired) electrons. The smallest absolute Gasteiger partial charge is 0.276 e. The molecule has 0 saturated carbocycles. The largest absolute Gasteiger partial charge is 0.399 e. The summed E-state index contributed by atoms with van der Waals surface area (Å²) in [7, 11) is 0. The summed E-state index contributed by atoms with van der Waals surface area (Å²) < 4.78 is 1.73. The normalized spacial score (nSPS) is 11.0. The molecule has 0 aliphatic carbocycles. The Kier molecular flexibility index (Phi) is 4.77. The van der Waals surface area contributed by atoms with E-state index in [9.17, 15) is 4.79 Å². The van der Waals surface area contributed by atoms with Gasteiger partial charge in [0.2, 0.25) is 0 Å². The van der Waals surface area contributed by atoms with Crippen molar-refractivity contribution in [1.29, 1.82) is 0 Å². The van der Waals surface area contributed by atoms with Crippen LogP contribution in [0.25, 0.3) is 10.9 Å². The van der Waals surface area contributed by atoms with Crippen molar-refractivity contribution >= 4 is 28.2 Å². The molecule has 2 aromatic heterocycles. The topological polar surface area (TPSA) is 122 Å². The Bertz CT molecular complexity index is 1130. The summed E-state index contributed by atoms with van der Waals surface area (Å²) in [4.78, 5) is 12.7. The molecule has 142 valence electrons. The number of rotatable bonds is 6. The number of nitrogens with one attached hydrogen (secondary N) is 2. The summed E-state index contributed by atoms with van der Waals surface area (Å²) >= 11 is 0. The Labute approximate surface area is 161 Å². The van der Waals surface area contributed by atoms with E-state index in [-0.39, 0.29) is 12.5 Å². The molecule has 2 aromatic carbocycles. The summed E-state index contributed by atoms with van der Waals surface area (Å²) in [6.45, 7) is 0.605. The first kappa shape index (κ1) is 17.7. The molecule has 0 spiro atoms. The summed E-state index contributed by atoms with van der Waals surface area (Å²) in [6, 6.07) is 13.2. The van der Waals surface area contributed by atoms with E-state index in [1.165, 1.54) is 0 Å². The highest BCUT2D eigenvalue weighted by Gasteiger charge is 2.15. The van der Waals surface area contributed by atoms with E-state index in [2.05, 4.69) is 20.6 Å². The number of hydrogen-bond donors (Lipinski definition) is 4. The second-order valence-electron chi connectivity index (χ2n) is 6.55. The number of fused-ring (bicyclic) bond motifs is 1. The Hall–Kier alpha value is -3.65. The maximum Gasteiger partial charge on any atom is 0.276 e. The number of nitrogens with two attached hydrogens (primary N) is 1. The van der Waals surface area contributed by atoms with Crippen molar-refractivity contribution in [1.82, 2.24) is 20.0 Å². The van der Waals surface area contributed by atoms with Gasteiger partial charge in [-0.25, -0.2) is 0 Å². The number of carbonyl (C=O) groups excluding carboxylic acids is 1. The predicted molar refractivity (Wildman–Crippen MR) is 107 cm³/mol. The molecule has 0 saturated heterocycles. The van der Waals surface area contributed by atoms with Crippen LogP contribution in [-0.4, -0.2) is 37.6 Å². The number of aliphatic hydroxyl groups is 1. The molecule has 0 unspecified atom stereocenters. The third-order valence-electron chi connectivity index (χ3n) is 4.43. The summed E-state index contributed by atoms with van der Waals surface area (Å²) in [6.07, 6.45) is 3.88. The van der Waals surface area contributed by atoms with Crippen LogP contribution in [0.15, 0.2) is 54.9 Å². The summed E-state index contributed by atoms with van der Waals surface area (Å²) in [5.74, 6) is -0.323. The number of aliphatic hydroxyl groups excluding tert-OH is 1. The maximum atomic E-state index is 12.7. The lowest BCUT2D eigenvalue weighted by molar-refractivity contribution is 0.102. The standard InChI is InChI=1S/C20H20N6O2/c21-15-3-1-2-14(8-15)11-26-12-16(10-22-26)23-20(28)19-17-9-13(6-7-27)4-5-18(17)24-25-19/h1-5,8-10,12,27H,6-7,11,21H2,(H,23,28)(H,24,25). The lowest BCUT2D eigenvalue weighted by atomic mass is 10.1. The van der Waals surface area contributed by atoms with E-state index in [0.29, 0.717) is 30.0 Å². The molecule has 0 atom stereocenters. The fourth-order valence-corrected chi connectivity index (χ4v) is 3.10. The average molecular weight is 376 g/mol.